The average molecular weight is 375 g/mol. The van der Waals surface area contributed by atoms with Crippen LogP contribution in [0.4, 0.5) is 0 Å². The van der Waals surface area contributed by atoms with Gasteiger partial charge in [-0.3, -0.25) is 0 Å². The van der Waals surface area contributed by atoms with Crippen LogP contribution in [0.3, 0.4) is 0 Å². The zero-order valence-electron chi connectivity index (χ0n) is 16.5. The number of aromatic nitrogens is 2. The summed E-state index contributed by atoms with van der Waals surface area (Å²) >= 11 is 0. The monoisotopic (exact) mass is 374 g/mol. The number of hydrogen-bond donors (Lipinski definition) is 1. The summed E-state index contributed by atoms with van der Waals surface area (Å²) < 4.78 is 2.29. The fraction of sp³-hybridized carbons (Fsp3) is 0.560. The van der Waals surface area contributed by atoms with E-state index in [1.807, 2.05) is 12.5 Å². The molecule has 0 spiro atoms. The first-order valence-corrected chi connectivity index (χ1v) is 11.1. The molecule has 3 heteroatoms. The largest absolute Gasteiger partial charge is 0.392 e. The number of allylic oxidation sites excluding steroid dienone is 1. The van der Waals surface area contributed by atoms with Crippen LogP contribution in [0.2, 0.25) is 0 Å². The van der Waals surface area contributed by atoms with Gasteiger partial charge in [0.15, 0.2) is 0 Å². The van der Waals surface area contributed by atoms with E-state index in [9.17, 15) is 5.11 Å². The van der Waals surface area contributed by atoms with Crippen molar-refractivity contribution in [2.75, 3.05) is 0 Å². The van der Waals surface area contributed by atoms with Crippen molar-refractivity contribution in [3.8, 4) is 11.3 Å². The maximum absolute atomic E-state index is 11.6. The topological polar surface area (TPSA) is 38.1 Å². The van der Waals surface area contributed by atoms with E-state index < -0.39 is 0 Å². The first kappa shape index (κ1) is 17.0. The predicted octanol–water partition coefficient (Wildman–Crippen LogP) is 5.22. The van der Waals surface area contributed by atoms with E-state index >= 15 is 0 Å². The lowest BCUT2D eigenvalue weighted by Crippen LogP contribution is -2.55. The number of aliphatic hydroxyl groups excluding tert-OH is 1. The van der Waals surface area contributed by atoms with Crippen LogP contribution < -0.4 is 0 Å². The van der Waals surface area contributed by atoms with Gasteiger partial charge in [-0.15, -0.1) is 6.58 Å². The Morgan fingerprint density at radius 1 is 1.21 bits per heavy atom. The van der Waals surface area contributed by atoms with E-state index in [0.29, 0.717) is 0 Å². The van der Waals surface area contributed by atoms with Crippen molar-refractivity contribution in [3.05, 3.63) is 55.0 Å². The number of imidazole rings is 1. The van der Waals surface area contributed by atoms with Crippen molar-refractivity contribution in [3.63, 3.8) is 0 Å². The zero-order valence-corrected chi connectivity index (χ0v) is 16.5. The summed E-state index contributed by atoms with van der Waals surface area (Å²) in [7, 11) is 0. The molecule has 1 aromatic carbocycles. The lowest BCUT2D eigenvalue weighted by Gasteiger charge is -2.61. The Hall–Kier alpha value is -1.87. The molecule has 0 radical (unpaired) electrons. The SMILES string of the molecule is C=CCC1C2CC3CC1CC(C(O)CC1c4ccccc4-c4cncn41)(C3)C2. The number of rotatable bonds is 5. The molecule has 1 aliphatic heterocycles. The molecule has 1 N–H and O–H groups in total. The fourth-order valence-corrected chi connectivity index (χ4v) is 7.81. The van der Waals surface area contributed by atoms with Crippen molar-refractivity contribution in [1.29, 1.82) is 0 Å². The van der Waals surface area contributed by atoms with Gasteiger partial charge in [0.25, 0.3) is 0 Å². The Morgan fingerprint density at radius 2 is 2.00 bits per heavy atom. The normalized spacial score (nSPS) is 38.2. The van der Waals surface area contributed by atoms with E-state index in [0.717, 1.165) is 30.1 Å². The zero-order chi connectivity index (χ0) is 18.9. The second-order valence-electron chi connectivity index (χ2n) is 10.1. The summed E-state index contributed by atoms with van der Waals surface area (Å²) in [6.45, 7) is 4.01. The van der Waals surface area contributed by atoms with Crippen LogP contribution in [0.25, 0.3) is 11.3 Å². The summed E-state index contributed by atoms with van der Waals surface area (Å²) in [4.78, 5) is 4.39. The van der Waals surface area contributed by atoms with Crippen molar-refractivity contribution in [2.24, 2.45) is 29.1 Å². The van der Waals surface area contributed by atoms with E-state index in [-0.39, 0.29) is 17.6 Å². The van der Waals surface area contributed by atoms with Crippen LogP contribution in [0, 0.1) is 29.1 Å². The van der Waals surface area contributed by atoms with E-state index in [2.05, 4.69) is 46.5 Å². The smallest absolute Gasteiger partial charge is 0.0956 e. The molecular weight excluding hydrogens is 344 g/mol. The van der Waals surface area contributed by atoms with Crippen LogP contribution in [-0.2, 0) is 0 Å². The van der Waals surface area contributed by atoms with Gasteiger partial charge in [-0.25, -0.2) is 4.98 Å². The molecule has 5 aliphatic rings. The minimum absolute atomic E-state index is 0.145. The Bertz CT molecular complexity index is 899. The molecule has 0 amide bonds. The van der Waals surface area contributed by atoms with E-state index in [1.165, 1.54) is 55.3 Å². The minimum Gasteiger partial charge on any atom is -0.392 e. The summed E-state index contributed by atoms with van der Waals surface area (Å²) in [6.07, 6.45) is 14.3. The van der Waals surface area contributed by atoms with Crippen molar-refractivity contribution in [1.82, 2.24) is 9.55 Å². The molecule has 4 fully saturated rings. The summed E-state index contributed by atoms with van der Waals surface area (Å²) in [5.41, 5.74) is 3.98. The highest BCUT2D eigenvalue weighted by Gasteiger charge is 2.57. The highest BCUT2D eigenvalue weighted by Crippen LogP contribution is 2.64. The van der Waals surface area contributed by atoms with Crippen LogP contribution in [-0.4, -0.2) is 20.8 Å². The lowest BCUT2D eigenvalue weighted by molar-refractivity contribution is -0.149. The molecule has 4 bridgehead atoms. The molecule has 4 unspecified atom stereocenters. The van der Waals surface area contributed by atoms with Gasteiger partial charge in [-0.05, 0) is 79.6 Å². The van der Waals surface area contributed by atoms with Gasteiger partial charge in [0.05, 0.1) is 30.4 Å². The molecule has 7 rings (SSSR count). The molecule has 4 saturated carbocycles. The second kappa shape index (κ2) is 6.06. The molecule has 2 aromatic rings. The molecule has 28 heavy (non-hydrogen) atoms. The Morgan fingerprint density at radius 3 is 2.79 bits per heavy atom. The molecule has 2 heterocycles. The number of aliphatic hydroxyl groups is 1. The molecule has 146 valence electrons. The van der Waals surface area contributed by atoms with Crippen molar-refractivity contribution < 1.29 is 5.11 Å². The molecular formula is C25H30N2O. The number of hydrogen-bond acceptors (Lipinski definition) is 2. The van der Waals surface area contributed by atoms with Gasteiger partial charge < -0.3 is 9.67 Å². The standard InChI is InChI=1S/C25H30N2O/c1-2-5-19-17-8-16-9-18(19)13-25(11-16,12-17)24(28)10-22-20-6-3-4-7-21(20)23-14-26-15-27(22)23/h2-4,6-7,14-19,22,24,28H,1,5,8-13H2. The van der Waals surface area contributed by atoms with E-state index in [4.69, 9.17) is 0 Å². The molecule has 4 atom stereocenters. The van der Waals surface area contributed by atoms with Crippen LogP contribution in [0.5, 0.6) is 0 Å². The molecule has 1 aromatic heterocycles. The average Bonchev–Trinajstić information content (AvgIpc) is 3.27. The van der Waals surface area contributed by atoms with E-state index in [1.54, 1.807) is 0 Å². The number of benzene rings is 1. The fourth-order valence-electron chi connectivity index (χ4n) is 7.81. The Balaban J connectivity index is 1.29. The van der Waals surface area contributed by atoms with Gasteiger partial charge in [0.2, 0.25) is 0 Å². The van der Waals surface area contributed by atoms with Crippen molar-refractivity contribution >= 4 is 0 Å². The lowest BCUT2D eigenvalue weighted by atomic mass is 9.44. The highest BCUT2D eigenvalue weighted by atomic mass is 16.3. The first-order chi connectivity index (χ1) is 13.7. The molecule has 0 saturated heterocycles. The maximum atomic E-state index is 11.6. The third-order valence-corrected chi connectivity index (χ3v) is 8.71. The number of fused-ring (bicyclic) bond motifs is 3. The summed E-state index contributed by atoms with van der Waals surface area (Å²) in [5.74, 6) is 3.27. The van der Waals surface area contributed by atoms with Gasteiger partial charge in [-0.2, -0.15) is 0 Å². The summed E-state index contributed by atoms with van der Waals surface area (Å²) in [5, 5.41) is 11.6. The van der Waals surface area contributed by atoms with Crippen LogP contribution >= 0.6 is 0 Å². The second-order valence-corrected chi connectivity index (χ2v) is 10.1. The summed E-state index contributed by atoms with van der Waals surface area (Å²) in [6, 6.07) is 8.89. The Kier molecular flexibility index (Phi) is 3.69. The Labute approximate surface area is 167 Å². The first-order valence-electron chi connectivity index (χ1n) is 11.1. The maximum Gasteiger partial charge on any atom is 0.0956 e. The quantitative estimate of drug-likeness (QED) is 0.729. The van der Waals surface area contributed by atoms with Gasteiger partial charge in [0.1, 0.15) is 0 Å². The molecule has 3 nitrogen and oxygen atoms in total. The molecule has 4 aliphatic carbocycles. The predicted molar refractivity (Wildman–Crippen MR) is 111 cm³/mol. The number of nitrogens with zero attached hydrogens (tertiary/aromatic N) is 2. The van der Waals surface area contributed by atoms with Gasteiger partial charge >= 0.3 is 0 Å². The minimum atomic E-state index is -0.225. The van der Waals surface area contributed by atoms with Crippen LogP contribution in [0.1, 0.15) is 56.6 Å². The van der Waals surface area contributed by atoms with Gasteiger partial charge in [0, 0.05) is 5.56 Å². The third-order valence-electron chi connectivity index (χ3n) is 8.71. The van der Waals surface area contributed by atoms with Crippen molar-refractivity contribution in [2.45, 2.75) is 57.1 Å². The van der Waals surface area contributed by atoms with Crippen LogP contribution in [0.15, 0.2) is 49.4 Å². The third kappa shape index (κ3) is 2.29. The highest BCUT2D eigenvalue weighted by molar-refractivity contribution is 5.68. The van der Waals surface area contributed by atoms with Gasteiger partial charge in [-0.1, -0.05) is 30.3 Å².